The molecule has 3 heteroatoms. The topological polar surface area (TPSA) is 20.3 Å². The Balaban J connectivity index is 1.90. The molecule has 86 valence electrons. The molecule has 2 atom stereocenters. The average Bonchev–Trinajstić information content (AvgIpc) is 2.99. The molecular formula is C12H20ClNO. The van der Waals surface area contributed by atoms with Gasteiger partial charge in [0.05, 0.1) is 0 Å². The molecule has 15 heavy (non-hydrogen) atoms. The molecular weight excluding hydrogens is 210 g/mol. The van der Waals surface area contributed by atoms with Gasteiger partial charge in [0.1, 0.15) is 0 Å². The maximum Gasteiger partial charge on any atom is 0.226 e. The highest BCUT2D eigenvalue weighted by molar-refractivity contribution is 6.18. The molecule has 1 amide bonds. The van der Waals surface area contributed by atoms with Gasteiger partial charge in [0.2, 0.25) is 5.91 Å². The summed E-state index contributed by atoms with van der Waals surface area (Å²) in [5, 5.41) is 0. The third kappa shape index (κ3) is 2.15. The summed E-state index contributed by atoms with van der Waals surface area (Å²) in [6.45, 7) is 3.56. The third-order valence-corrected chi connectivity index (χ3v) is 4.16. The number of nitrogens with zero attached hydrogens (tertiary/aromatic N) is 1. The highest BCUT2D eigenvalue weighted by atomic mass is 35.5. The second-order valence-corrected chi connectivity index (χ2v) is 5.12. The summed E-state index contributed by atoms with van der Waals surface area (Å²) in [6, 6.07) is 0. The first-order chi connectivity index (χ1) is 7.29. The number of halogens is 1. The Kier molecular flexibility index (Phi) is 3.55. The first kappa shape index (κ1) is 11.3. The van der Waals surface area contributed by atoms with Crippen LogP contribution in [0.4, 0.5) is 0 Å². The van der Waals surface area contributed by atoms with E-state index in [1.165, 1.54) is 25.7 Å². The summed E-state index contributed by atoms with van der Waals surface area (Å²) in [7, 11) is 0. The van der Waals surface area contributed by atoms with Crippen LogP contribution in [0, 0.1) is 17.8 Å². The number of carbonyl (C=O) groups excluding carboxylic acids is 1. The molecule has 2 aliphatic carbocycles. The van der Waals surface area contributed by atoms with E-state index in [1.54, 1.807) is 0 Å². The van der Waals surface area contributed by atoms with Crippen LogP contribution in [0.1, 0.15) is 32.6 Å². The van der Waals surface area contributed by atoms with Crippen molar-refractivity contribution in [1.82, 2.24) is 4.90 Å². The van der Waals surface area contributed by atoms with E-state index in [9.17, 15) is 4.79 Å². The number of hydrogen-bond acceptors (Lipinski definition) is 1. The van der Waals surface area contributed by atoms with Crippen molar-refractivity contribution in [3.05, 3.63) is 0 Å². The highest BCUT2D eigenvalue weighted by Gasteiger charge is 2.55. The van der Waals surface area contributed by atoms with Crippen molar-refractivity contribution in [2.45, 2.75) is 32.6 Å². The van der Waals surface area contributed by atoms with E-state index >= 15 is 0 Å². The molecule has 2 unspecified atom stereocenters. The quantitative estimate of drug-likeness (QED) is 0.679. The molecule has 2 fully saturated rings. The number of alkyl halides is 1. The van der Waals surface area contributed by atoms with E-state index in [4.69, 9.17) is 11.6 Å². The number of rotatable bonds is 4. The molecule has 0 spiro atoms. The fraction of sp³-hybridized carbons (Fsp3) is 0.917. The first-order valence-corrected chi connectivity index (χ1v) is 6.67. The van der Waals surface area contributed by atoms with Gasteiger partial charge in [0.25, 0.3) is 0 Å². The Morgan fingerprint density at radius 1 is 1.33 bits per heavy atom. The smallest absolute Gasteiger partial charge is 0.226 e. The molecule has 0 radical (unpaired) electrons. The number of carbonyl (C=O) groups is 1. The van der Waals surface area contributed by atoms with Crippen molar-refractivity contribution >= 4 is 17.5 Å². The Morgan fingerprint density at radius 3 is 2.40 bits per heavy atom. The number of fused-ring (bicyclic) bond motifs is 1. The molecule has 2 nitrogen and oxygen atoms in total. The Labute approximate surface area is 97.0 Å². The summed E-state index contributed by atoms with van der Waals surface area (Å²) in [4.78, 5) is 14.1. The molecule has 2 aliphatic rings. The predicted molar refractivity (Wildman–Crippen MR) is 61.9 cm³/mol. The van der Waals surface area contributed by atoms with Gasteiger partial charge in [-0.15, -0.1) is 11.6 Å². The molecule has 0 N–H and O–H groups in total. The molecule has 0 aliphatic heterocycles. The second kappa shape index (κ2) is 4.73. The summed E-state index contributed by atoms with van der Waals surface area (Å²) < 4.78 is 0. The fourth-order valence-corrected chi connectivity index (χ4v) is 3.30. The van der Waals surface area contributed by atoms with Gasteiger partial charge >= 0.3 is 0 Å². The van der Waals surface area contributed by atoms with Crippen LogP contribution in [0.5, 0.6) is 0 Å². The predicted octanol–water partition coefficient (Wildman–Crippen LogP) is 2.51. The SMILES string of the molecule is CCN(CCCl)C(=O)C1C2CCCCC21. The van der Waals surface area contributed by atoms with Crippen LogP contribution in [0.15, 0.2) is 0 Å². The molecule has 0 heterocycles. The molecule has 2 rings (SSSR count). The van der Waals surface area contributed by atoms with Crippen LogP contribution in [-0.2, 0) is 4.79 Å². The summed E-state index contributed by atoms with van der Waals surface area (Å²) in [5.74, 6) is 2.72. The molecule has 0 bridgehead atoms. The van der Waals surface area contributed by atoms with Gasteiger partial charge in [0, 0.05) is 24.9 Å². The van der Waals surface area contributed by atoms with Gasteiger partial charge in [-0.3, -0.25) is 4.79 Å². The van der Waals surface area contributed by atoms with E-state index < -0.39 is 0 Å². The minimum atomic E-state index is 0.357. The van der Waals surface area contributed by atoms with Crippen LogP contribution in [0.25, 0.3) is 0 Å². The standard InChI is InChI=1S/C12H20ClNO/c1-2-14(8-7-13)12(15)11-9-5-3-4-6-10(9)11/h9-11H,2-8H2,1H3. The van der Waals surface area contributed by atoms with Crippen molar-refractivity contribution in [1.29, 1.82) is 0 Å². The van der Waals surface area contributed by atoms with Crippen molar-refractivity contribution in [3.63, 3.8) is 0 Å². The molecule has 0 aromatic rings. The third-order valence-electron chi connectivity index (χ3n) is 3.99. The molecule has 0 aromatic carbocycles. The normalized spacial score (nSPS) is 33.3. The molecule has 0 aromatic heterocycles. The minimum absolute atomic E-state index is 0.357. The minimum Gasteiger partial charge on any atom is -0.342 e. The Morgan fingerprint density at radius 2 is 1.93 bits per heavy atom. The van der Waals surface area contributed by atoms with Crippen LogP contribution in [0.2, 0.25) is 0 Å². The zero-order valence-corrected chi connectivity index (χ0v) is 10.2. The van der Waals surface area contributed by atoms with Gasteiger partial charge in [-0.25, -0.2) is 0 Å². The van der Waals surface area contributed by atoms with Crippen molar-refractivity contribution < 1.29 is 4.79 Å². The lowest BCUT2D eigenvalue weighted by atomic mass is 10.0. The summed E-state index contributed by atoms with van der Waals surface area (Å²) in [5.41, 5.74) is 0. The second-order valence-electron chi connectivity index (χ2n) is 4.74. The van der Waals surface area contributed by atoms with Crippen LogP contribution in [0.3, 0.4) is 0 Å². The van der Waals surface area contributed by atoms with Crippen LogP contribution in [-0.4, -0.2) is 29.8 Å². The molecule has 2 saturated carbocycles. The Hall–Kier alpha value is -0.240. The maximum absolute atomic E-state index is 12.2. The van der Waals surface area contributed by atoms with Crippen LogP contribution >= 0.6 is 11.6 Å². The average molecular weight is 230 g/mol. The van der Waals surface area contributed by atoms with Gasteiger partial charge in [0.15, 0.2) is 0 Å². The lowest BCUT2D eigenvalue weighted by Gasteiger charge is -2.19. The summed E-state index contributed by atoms with van der Waals surface area (Å²) in [6.07, 6.45) is 5.21. The van der Waals surface area contributed by atoms with E-state index in [0.29, 0.717) is 24.2 Å². The van der Waals surface area contributed by atoms with Crippen molar-refractivity contribution in [2.75, 3.05) is 19.0 Å². The van der Waals surface area contributed by atoms with Gasteiger partial charge < -0.3 is 4.90 Å². The lowest BCUT2D eigenvalue weighted by molar-refractivity contribution is -0.132. The monoisotopic (exact) mass is 229 g/mol. The number of amides is 1. The first-order valence-electron chi connectivity index (χ1n) is 6.14. The fourth-order valence-electron chi connectivity index (χ4n) is 3.10. The Bertz CT molecular complexity index is 232. The maximum atomic E-state index is 12.2. The van der Waals surface area contributed by atoms with Crippen LogP contribution < -0.4 is 0 Å². The number of hydrogen-bond donors (Lipinski definition) is 0. The van der Waals surface area contributed by atoms with E-state index in [-0.39, 0.29) is 0 Å². The van der Waals surface area contributed by atoms with Gasteiger partial charge in [-0.1, -0.05) is 12.8 Å². The molecule has 0 saturated heterocycles. The van der Waals surface area contributed by atoms with Gasteiger partial charge in [-0.2, -0.15) is 0 Å². The lowest BCUT2D eigenvalue weighted by Crippen LogP contribution is -2.34. The summed E-state index contributed by atoms with van der Waals surface area (Å²) >= 11 is 5.70. The zero-order chi connectivity index (χ0) is 10.8. The largest absolute Gasteiger partial charge is 0.342 e. The van der Waals surface area contributed by atoms with Crippen molar-refractivity contribution in [3.8, 4) is 0 Å². The van der Waals surface area contributed by atoms with E-state index in [0.717, 1.165) is 18.4 Å². The van der Waals surface area contributed by atoms with Crippen molar-refractivity contribution in [2.24, 2.45) is 17.8 Å². The van der Waals surface area contributed by atoms with E-state index in [2.05, 4.69) is 0 Å². The van der Waals surface area contributed by atoms with E-state index in [1.807, 2.05) is 11.8 Å². The van der Waals surface area contributed by atoms with Gasteiger partial charge in [-0.05, 0) is 31.6 Å². The zero-order valence-electron chi connectivity index (χ0n) is 9.42. The highest BCUT2D eigenvalue weighted by Crippen LogP contribution is 2.56.